The van der Waals surface area contributed by atoms with Gasteiger partial charge in [0.05, 0.1) is 12.6 Å². The summed E-state index contributed by atoms with van der Waals surface area (Å²) in [6.45, 7) is 10.3. The average Bonchev–Trinajstić information content (AvgIpc) is 2.51. The van der Waals surface area contributed by atoms with Gasteiger partial charge in [0, 0.05) is 13.2 Å². The Morgan fingerprint density at radius 1 is 1.17 bits per heavy atom. The zero-order valence-electron chi connectivity index (χ0n) is 15.1. The first-order valence-corrected chi connectivity index (χ1v) is 9.24. The molecule has 0 aliphatic carbocycles. The number of likely N-dealkylation sites (tertiary alicyclic amines) is 1. The number of carbonyl (C=O) groups excluding carboxylic acids is 1. The molecule has 1 unspecified atom stereocenters. The zero-order chi connectivity index (χ0) is 16.7. The Morgan fingerprint density at radius 3 is 2.61 bits per heavy atom. The smallest absolute Gasteiger partial charge is 0.410 e. The van der Waals surface area contributed by atoms with Crippen LogP contribution < -0.4 is 5.32 Å². The van der Waals surface area contributed by atoms with Crippen molar-refractivity contribution in [2.24, 2.45) is 5.92 Å². The van der Waals surface area contributed by atoms with Gasteiger partial charge < -0.3 is 19.7 Å². The molecule has 2 fully saturated rings. The summed E-state index contributed by atoms with van der Waals surface area (Å²) >= 11 is 0. The molecule has 5 nitrogen and oxygen atoms in total. The van der Waals surface area contributed by atoms with Crippen LogP contribution in [0.25, 0.3) is 0 Å². The van der Waals surface area contributed by atoms with Crippen molar-refractivity contribution in [2.45, 2.75) is 70.9 Å². The molecule has 1 atom stereocenters. The minimum atomic E-state index is -0.436. The van der Waals surface area contributed by atoms with Crippen LogP contribution >= 0.6 is 0 Å². The van der Waals surface area contributed by atoms with Gasteiger partial charge in [0.1, 0.15) is 5.60 Å². The summed E-state index contributed by atoms with van der Waals surface area (Å²) in [5.41, 5.74) is -0.436. The molecular weight excluding hydrogens is 292 g/mol. The summed E-state index contributed by atoms with van der Waals surface area (Å²) in [6.07, 6.45) is 6.72. The van der Waals surface area contributed by atoms with E-state index in [1.807, 2.05) is 25.7 Å². The third-order valence-corrected chi connectivity index (χ3v) is 4.69. The van der Waals surface area contributed by atoms with Crippen molar-refractivity contribution in [1.29, 1.82) is 0 Å². The van der Waals surface area contributed by atoms with E-state index in [4.69, 9.17) is 9.47 Å². The molecule has 1 amide bonds. The fourth-order valence-corrected chi connectivity index (χ4v) is 3.37. The van der Waals surface area contributed by atoms with Crippen molar-refractivity contribution >= 4 is 6.09 Å². The van der Waals surface area contributed by atoms with Crippen LogP contribution in [0.4, 0.5) is 4.79 Å². The molecule has 0 bridgehead atoms. The first kappa shape index (κ1) is 18.5. The topological polar surface area (TPSA) is 50.8 Å². The van der Waals surface area contributed by atoms with Gasteiger partial charge in [0.25, 0.3) is 0 Å². The highest BCUT2D eigenvalue weighted by molar-refractivity contribution is 5.68. The van der Waals surface area contributed by atoms with Crippen LogP contribution in [0.1, 0.15) is 59.3 Å². The minimum Gasteiger partial charge on any atom is -0.444 e. The Hall–Kier alpha value is -0.810. The number of nitrogens with zero attached hydrogens (tertiary/aromatic N) is 1. The van der Waals surface area contributed by atoms with E-state index in [0.29, 0.717) is 6.61 Å². The number of hydrogen-bond acceptors (Lipinski definition) is 4. The predicted molar refractivity (Wildman–Crippen MR) is 91.6 cm³/mol. The molecule has 2 heterocycles. The average molecular weight is 326 g/mol. The Bertz CT molecular complexity index is 362. The largest absolute Gasteiger partial charge is 0.444 e. The van der Waals surface area contributed by atoms with Gasteiger partial charge in [0.2, 0.25) is 0 Å². The van der Waals surface area contributed by atoms with Crippen molar-refractivity contribution < 1.29 is 14.3 Å². The van der Waals surface area contributed by atoms with Gasteiger partial charge in [-0.3, -0.25) is 0 Å². The quantitative estimate of drug-likeness (QED) is 0.788. The van der Waals surface area contributed by atoms with E-state index in [-0.39, 0.29) is 12.1 Å². The summed E-state index contributed by atoms with van der Waals surface area (Å²) in [4.78, 5) is 14.2. The molecule has 2 aliphatic heterocycles. The van der Waals surface area contributed by atoms with Crippen molar-refractivity contribution in [1.82, 2.24) is 10.2 Å². The van der Waals surface area contributed by atoms with Gasteiger partial charge in [-0.1, -0.05) is 0 Å². The lowest BCUT2D eigenvalue weighted by Gasteiger charge is -2.36. The van der Waals surface area contributed by atoms with E-state index in [9.17, 15) is 4.79 Å². The molecule has 0 radical (unpaired) electrons. The molecule has 5 heteroatoms. The molecule has 23 heavy (non-hydrogen) atoms. The second kappa shape index (κ2) is 8.88. The van der Waals surface area contributed by atoms with Gasteiger partial charge >= 0.3 is 6.09 Å². The van der Waals surface area contributed by atoms with Gasteiger partial charge in [-0.15, -0.1) is 0 Å². The molecule has 0 saturated carbocycles. The van der Waals surface area contributed by atoms with Crippen molar-refractivity contribution in [2.75, 3.05) is 32.8 Å². The lowest BCUT2D eigenvalue weighted by molar-refractivity contribution is -0.00920. The number of carbonyl (C=O) groups is 1. The number of piperidine rings is 2. The predicted octanol–water partition coefficient (Wildman–Crippen LogP) is 3.18. The number of rotatable bonds is 5. The number of hydrogen-bond donors (Lipinski definition) is 1. The molecular formula is C18H34N2O3. The summed E-state index contributed by atoms with van der Waals surface area (Å²) in [5, 5.41) is 3.39. The second-order valence-electron chi connectivity index (χ2n) is 7.88. The molecule has 0 aromatic heterocycles. The van der Waals surface area contributed by atoms with Crippen LogP contribution in [0.15, 0.2) is 0 Å². The SMILES string of the molecule is CC(C)(C)OC(=O)N1CCCCC1COCCC1CCNCC1. The third kappa shape index (κ3) is 6.68. The van der Waals surface area contributed by atoms with Crippen LogP contribution in [0.5, 0.6) is 0 Å². The zero-order valence-corrected chi connectivity index (χ0v) is 15.1. The Kier molecular flexibility index (Phi) is 7.15. The summed E-state index contributed by atoms with van der Waals surface area (Å²) < 4.78 is 11.4. The van der Waals surface area contributed by atoms with Crippen molar-refractivity contribution in [3.63, 3.8) is 0 Å². The van der Waals surface area contributed by atoms with Crippen LogP contribution in [-0.4, -0.2) is 55.5 Å². The fourth-order valence-electron chi connectivity index (χ4n) is 3.37. The maximum absolute atomic E-state index is 12.3. The lowest BCUT2D eigenvalue weighted by atomic mass is 9.95. The number of ether oxygens (including phenoxy) is 2. The highest BCUT2D eigenvalue weighted by Gasteiger charge is 2.30. The standard InChI is InChI=1S/C18H34N2O3/c1-18(2,3)23-17(21)20-12-5-4-6-16(20)14-22-13-9-15-7-10-19-11-8-15/h15-16,19H,4-14H2,1-3H3. The summed E-state index contributed by atoms with van der Waals surface area (Å²) in [6, 6.07) is 0.173. The van der Waals surface area contributed by atoms with Gasteiger partial charge in [-0.2, -0.15) is 0 Å². The molecule has 134 valence electrons. The van der Waals surface area contributed by atoms with E-state index in [0.717, 1.165) is 51.4 Å². The Morgan fingerprint density at radius 2 is 1.91 bits per heavy atom. The van der Waals surface area contributed by atoms with Crippen LogP contribution in [0.2, 0.25) is 0 Å². The first-order chi connectivity index (χ1) is 11.0. The summed E-state index contributed by atoms with van der Waals surface area (Å²) in [7, 11) is 0. The monoisotopic (exact) mass is 326 g/mol. The van der Waals surface area contributed by atoms with E-state index in [1.165, 1.54) is 19.3 Å². The van der Waals surface area contributed by atoms with Gasteiger partial charge in [-0.25, -0.2) is 4.79 Å². The number of nitrogens with one attached hydrogen (secondary N) is 1. The van der Waals surface area contributed by atoms with Gasteiger partial charge in [0.15, 0.2) is 0 Å². The number of amides is 1. The normalized spacial score (nSPS) is 23.8. The van der Waals surface area contributed by atoms with E-state index in [2.05, 4.69) is 5.32 Å². The van der Waals surface area contributed by atoms with Crippen LogP contribution in [0, 0.1) is 5.92 Å². The molecule has 2 saturated heterocycles. The second-order valence-corrected chi connectivity index (χ2v) is 7.88. The van der Waals surface area contributed by atoms with Crippen molar-refractivity contribution in [3.8, 4) is 0 Å². The Balaban J connectivity index is 1.71. The minimum absolute atomic E-state index is 0.173. The molecule has 2 rings (SSSR count). The molecule has 2 aliphatic rings. The van der Waals surface area contributed by atoms with Crippen LogP contribution in [-0.2, 0) is 9.47 Å². The first-order valence-electron chi connectivity index (χ1n) is 9.24. The molecule has 1 N–H and O–H groups in total. The van der Waals surface area contributed by atoms with E-state index in [1.54, 1.807) is 0 Å². The van der Waals surface area contributed by atoms with Crippen LogP contribution in [0.3, 0.4) is 0 Å². The fraction of sp³-hybridized carbons (Fsp3) is 0.944. The summed E-state index contributed by atoms with van der Waals surface area (Å²) in [5.74, 6) is 0.796. The molecule has 0 aromatic carbocycles. The maximum atomic E-state index is 12.3. The van der Waals surface area contributed by atoms with E-state index >= 15 is 0 Å². The van der Waals surface area contributed by atoms with Gasteiger partial charge in [-0.05, 0) is 78.3 Å². The molecule has 0 spiro atoms. The Labute approximate surface area is 141 Å². The highest BCUT2D eigenvalue weighted by Crippen LogP contribution is 2.21. The molecule has 0 aromatic rings. The maximum Gasteiger partial charge on any atom is 0.410 e. The third-order valence-electron chi connectivity index (χ3n) is 4.69. The van der Waals surface area contributed by atoms with Crippen molar-refractivity contribution in [3.05, 3.63) is 0 Å². The lowest BCUT2D eigenvalue weighted by Crippen LogP contribution is -2.48. The highest BCUT2D eigenvalue weighted by atomic mass is 16.6. The van der Waals surface area contributed by atoms with E-state index < -0.39 is 5.60 Å².